The predicted octanol–water partition coefficient (Wildman–Crippen LogP) is 4.96. The molecule has 146 valence electrons. The van der Waals surface area contributed by atoms with Crippen molar-refractivity contribution in [2.75, 3.05) is 11.6 Å². The van der Waals surface area contributed by atoms with Gasteiger partial charge in [-0.05, 0) is 60.4 Å². The van der Waals surface area contributed by atoms with Crippen molar-refractivity contribution < 1.29 is 14.0 Å². The van der Waals surface area contributed by atoms with Crippen LogP contribution in [-0.4, -0.2) is 18.1 Å². The second-order valence-electron chi connectivity index (χ2n) is 6.12. The summed E-state index contributed by atoms with van der Waals surface area (Å²) in [6.07, 6.45) is 3.45. The Kier molecular flexibility index (Phi) is 6.81. The zero-order chi connectivity index (χ0) is 20.6. The van der Waals surface area contributed by atoms with Crippen molar-refractivity contribution in [3.05, 3.63) is 102 Å². The molecule has 0 aliphatic rings. The van der Waals surface area contributed by atoms with Crippen LogP contribution < -0.4 is 10.6 Å². The van der Waals surface area contributed by atoms with Gasteiger partial charge in [0.15, 0.2) is 0 Å². The van der Waals surface area contributed by atoms with E-state index in [1.54, 1.807) is 48.2 Å². The van der Waals surface area contributed by atoms with Crippen LogP contribution in [0.25, 0.3) is 6.08 Å². The lowest BCUT2D eigenvalue weighted by Crippen LogP contribution is -2.30. The number of amides is 2. The number of hydrogen-bond donors (Lipinski definition) is 2. The van der Waals surface area contributed by atoms with E-state index in [4.69, 9.17) is 0 Å². The number of carbonyl (C=O) groups excluding carboxylic acids is 2. The lowest BCUT2D eigenvalue weighted by atomic mass is 10.1. The van der Waals surface area contributed by atoms with E-state index in [1.165, 1.54) is 30.3 Å². The molecule has 0 saturated heterocycles. The third kappa shape index (κ3) is 5.80. The maximum Gasteiger partial charge on any atom is 0.272 e. The summed E-state index contributed by atoms with van der Waals surface area (Å²) < 4.78 is 13.2. The first-order valence-electron chi connectivity index (χ1n) is 8.84. The number of benzene rings is 3. The van der Waals surface area contributed by atoms with E-state index < -0.39 is 11.8 Å². The van der Waals surface area contributed by atoms with Crippen molar-refractivity contribution in [2.45, 2.75) is 4.90 Å². The first-order valence-corrected chi connectivity index (χ1v) is 10.1. The van der Waals surface area contributed by atoms with Crippen LogP contribution in [0.4, 0.5) is 10.1 Å². The van der Waals surface area contributed by atoms with Crippen LogP contribution in [0.2, 0.25) is 0 Å². The fourth-order valence-electron chi connectivity index (χ4n) is 2.57. The number of carbonyl (C=O) groups is 2. The highest BCUT2D eigenvalue weighted by Crippen LogP contribution is 2.19. The third-order valence-electron chi connectivity index (χ3n) is 4.04. The Morgan fingerprint density at radius 3 is 2.34 bits per heavy atom. The molecule has 2 N–H and O–H groups in total. The van der Waals surface area contributed by atoms with Gasteiger partial charge in [-0.2, -0.15) is 0 Å². The minimum absolute atomic E-state index is 0.0556. The average Bonchev–Trinajstić information content (AvgIpc) is 2.75. The Morgan fingerprint density at radius 2 is 1.66 bits per heavy atom. The molecule has 0 bridgehead atoms. The van der Waals surface area contributed by atoms with Crippen molar-refractivity contribution in [3.8, 4) is 0 Å². The first kappa shape index (κ1) is 20.4. The van der Waals surface area contributed by atoms with Crippen molar-refractivity contribution >= 4 is 35.3 Å². The molecule has 3 aromatic rings. The molecule has 0 unspecified atom stereocenters. The number of nitrogens with one attached hydrogen (secondary N) is 2. The van der Waals surface area contributed by atoms with Gasteiger partial charge in [0.2, 0.25) is 0 Å². The zero-order valence-corrected chi connectivity index (χ0v) is 16.5. The van der Waals surface area contributed by atoms with Gasteiger partial charge >= 0.3 is 0 Å². The van der Waals surface area contributed by atoms with E-state index in [0.717, 1.165) is 4.90 Å². The number of thioether (sulfide) groups is 1. The second kappa shape index (κ2) is 9.71. The molecule has 0 atom stereocenters. The lowest BCUT2D eigenvalue weighted by Gasteiger charge is -2.12. The van der Waals surface area contributed by atoms with Crippen molar-refractivity contribution in [1.29, 1.82) is 0 Å². The first-order chi connectivity index (χ1) is 14.0. The number of hydrogen-bond acceptors (Lipinski definition) is 3. The van der Waals surface area contributed by atoms with Crippen molar-refractivity contribution in [2.24, 2.45) is 0 Å². The molecule has 4 nitrogen and oxygen atoms in total. The molecule has 6 heteroatoms. The Balaban J connectivity index is 1.87. The summed E-state index contributed by atoms with van der Waals surface area (Å²) in [6.45, 7) is 0. The van der Waals surface area contributed by atoms with E-state index in [2.05, 4.69) is 10.6 Å². The highest BCUT2D eigenvalue weighted by atomic mass is 32.2. The van der Waals surface area contributed by atoms with Crippen molar-refractivity contribution in [3.63, 3.8) is 0 Å². The molecular formula is C23H19FN2O2S. The van der Waals surface area contributed by atoms with Gasteiger partial charge in [-0.1, -0.05) is 36.4 Å². The molecule has 0 aliphatic carbocycles. The highest BCUT2D eigenvalue weighted by molar-refractivity contribution is 7.98. The summed E-state index contributed by atoms with van der Waals surface area (Å²) in [5.41, 5.74) is 1.68. The molecular weight excluding hydrogens is 387 g/mol. The molecule has 0 fully saturated rings. The van der Waals surface area contributed by atoms with Gasteiger partial charge in [-0.25, -0.2) is 4.39 Å². The molecule has 3 aromatic carbocycles. The van der Waals surface area contributed by atoms with Gasteiger partial charge in [-0.15, -0.1) is 11.8 Å². The molecule has 0 aromatic heterocycles. The van der Waals surface area contributed by atoms with Crippen LogP contribution in [-0.2, 0) is 4.79 Å². The maximum atomic E-state index is 13.2. The predicted molar refractivity (Wildman–Crippen MR) is 115 cm³/mol. The second-order valence-corrected chi connectivity index (χ2v) is 7.00. The van der Waals surface area contributed by atoms with Crippen LogP contribution in [0, 0.1) is 5.82 Å². The van der Waals surface area contributed by atoms with Crippen LogP contribution in [0.5, 0.6) is 0 Å². The van der Waals surface area contributed by atoms with Gasteiger partial charge in [-0.3, -0.25) is 9.59 Å². The van der Waals surface area contributed by atoms with Crippen LogP contribution in [0.3, 0.4) is 0 Å². The van der Waals surface area contributed by atoms with Gasteiger partial charge in [0.25, 0.3) is 11.8 Å². The van der Waals surface area contributed by atoms with Crippen LogP contribution in [0.15, 0.2) is 89.5 Å². The lowest BCUT2D eigenvalue weighted by molar-refractivity contribution is -0.113. The number of rotatable bonds is 6. The van der Waals surface area contributed by atoms with Gasteiger partial charge < -0.3 is 10.6 Å². The minimum Gasteiger partial charge on any atom is -0.321 e. The van der Waals surface area contributed by atoms with Gasteiger partial charge in [0, 0.05) is 16.1 Å². The van der Waals surface area contributed by atoms with E-state index in [9.17, 15) is 14.0 Å². The summed E-state index contributed by atoms with van der Waals surface area (Å²) in [5, 5.41) is 5.45. The summed E-state index contributed by atoms with van der Waals surface area (Å²) >= 11 is 1.56. The monoisotopic (exact) mass is 406 g/mol. The minimum atomic E-state index is -0.475. The summed E-state index contributed by atoms with van der Waals surface area (Å²) in [7, 11) is 0. The van der Waals surface area contributed by atoms with Crippen LogP contribution in [0.1, 0.15) is 15.9 Å². The third-order valence-corrected chi connectivity index (χ3v) is 4.76. The molecule has 29 heavy (non-hydrogen) atoms. The van der Waals surface area contributed by atoms with Crippen molar-refractivity contribution in [1.82, 2.24) is 5.32 Å². The zero-order valence-electron chi connectivity index (χ0n) is 15.7. The average molecular weight is 406 g/mol. The molecule has 0 spiro atoms. The maximum absolute atomic E-state index is 13.2. The number of halogens is 1. The Morgan fingerprint density at radius 1 is 0.931 bits per heavy atom. The molecule has 0 saturated carbocycles. The van der Waals surface area contributed by atoms with E-state index in [0.29, 0.717) is 16.8 Å². The smallest absolute Gasteiger partial charge is 0.272 e. The van der Waals surface area contributed by atoms with Gasteiger partial charge in [0.05, 0.1) is 0 Å². The SMILES string of the molecule is CSc1cccc(NC(=O)/C(=C/c2ccc(F)cc2)NC(=O)c2ccccc2)c1. The highest BCUT2D eigenvalue weighted by Gasteiger charge is 2.15. The summed E-state index contributed by atoms with van der Waals surface area (Å²) in [5.74, 6) is -1.26. The normalized spacial score (nSPS) is 11.0. The summed E-state index contributed by atoms with van der Waals surface area (Å²) in [4.78, 5) is 26.4. The topological polar surface area (TPSA) is 58.2 Å². The fourth-order valence-corrected chi connectivity index (χ4v) is 3.03. The largest absolute Gasteiger partial charge is 0.321 e. The Labute approximate surface area is 172 Å². The Bertz CT molecular complexity index is 1030. The van der Waals surface area contributed by atoms with E-state index in [-0.39, 0.29) is 11.5 Å². The molecule has 0 aliphatic heterocycles. The quantitative estimate of drug-likeness (QED) is 0.449. The van der Waals surface area contributed by atoms with E-state index in [1.807, 2.05) is 24.5 Å². The summed E-state index contributed by atoms with van der Waals surface area (Å²) in [6, 6.07) is 21.6. The number of anilines is 1. The Hall–Kier alpha value is -3.38. The standard InChI is InChI=1S/C23H19FN2O2S/c1-29-20-9-5-8-19(15-20)25-23(28)21(14-16-10-12-18(24)13-11-16)26-22(27)17-6-3-2-4-7-17/h2-15H,1H3,(H,25,28)(H,26,27)/b21-14-. The van der Waals surface area contributed by atoms with Gasteiger partial charge in [0.1, 0.15) is 11.5 Å². The van der Waals surface area contributed by atoms with Crippen LogP contribution >= 0.6 is 11.8 Å². The molecule has 0 radical (unpaired) electrons. The van der Waals surface area contributed by atoms with E-state index >= 15 is 0 Å². The molecule has 0 heterocycles. The molecule has 2 amide bonds. The fraction of sp³-hybridized carbons (Fsp3) is 0.0435. The molecule has 3 rings (SSSR count).